The summed E-state index contributed by atoms with van der Waals surface area (Å²) >= 11 is 0. The third kappa shape index (κ3) is 5.72. The summed E-state index contributed by atoms with van der Waals surface area (Å²) in [6.45, 7) is 9.68. The van der Waals surface area contributed by atoms with Crippen LogP contribution < -0.4 is 15.0 Å². The standard InChI is InChI=1S/C25H34N4O3/c1-2-32-24-11-7-6-10-23(24)28-12-14-29(15-13-28)25(30)26-22(21-8-4-3-5-9-21)20-27-16-18-31-19-17-27/h3-11,22H,2,12-20H2,1H3,(H,26,30). The Hall–Kier alpha value is -2.77. The third-order valence-electron chi connectivity index (χ3n) is 6.12. The fourth-order valence-corrected chi connectivity index (χ4v) is 4.35. The maximum atomic E-state index is 13.2. The van der Waals surface area contributed by atoms with Crippen molar-refractivity contribution < 1.29 is 14.3 Å². The Balaban J connectivity index is 1.37. The zero-order valence-corrected chi connectivity index (χ0v) is 18.9. The van der Waals surface area contributed by atoms with Gasteiger partial charge in [-0.3, -0.25) is 4.90 Å². The first kappa shape index (κ1) is 22.4. The molecule has 32 heavy (non-hydrogen) atoms. The van der Waals surface area contributed by atoms with E-state index in [1.807, 2.05) is 48.2 Å². The molecular weight excluding hydrogens is 404 g/mol. The second-order valence-corrected chi connectivity index (χ2v) is 8.20. The fourth-order valence-electron chi connectivity index (χ4n) is 4.35. The van der Waals surface area contributed by atoms with Crippen molar-refractivity contribution in [3.8, 4) is 5.75 Å². The first-order chi connectivity index (χ1) is 15.7. The molecular formula is C25H34N4O3. The maximum Gasteiger partial charge on any atom is 0.318 e. The molecule has 172 valence electrons. The van der Waals surface area contributed by atoms with Crippen LogP contribution in [0.5, 0.6) is 5.75 Å². The number of hydrogen-bond acceptors (Lipinski definition) is 5. The number of nitrogens with one attached hydrogen (secondary N) is 1. The molecule has 2 aromatic carbocycles. The molecule has 2 heterocycles. The number of nitrogens with zero attached hydrogens (tertiary/aromatic N) is 3. The van der Waals surface area contributed by atoms with E-state index in [1.165, 1.54) is 0 Å². The van der Waals surface area contributed by atoms with Crippen LogP contribution in [-0.4, -0.2) is 81.5 Å². The van der Waals surface area contributed by atoms with Gasteiger partial charge in [-0.25, -0.2) is 4.79 Å². The topological polar surface area (TPSA) is 57.3 Å². The van der Waals surface area contributed by atoms with Gasteiger partial charge in [0.1, 0.15) is 5.75 Å². The summed E-state index contributed by atoms with van der Waals surface area (Å²) in [5.74, 6) is 0.905. The summed E-state index contributed by atoms with van der Waals surface area (Å²) in [7, 11) is 0. The molecule has 1 unspecified atom stereocenters. The lowest BCUT2D eigenvalue weighted by atomic mass is 10.1. The van der Waals surface area contributed by atoms with Gasteiger partial charge in [0.15, 0.2) is 0 Å². The van der Waals surface area contributed by atoms with E-state index in [0.29, 0.717) is 19.7 Å². The van der Waals surface area contributed by atoms with E-state index in [0.717, 1.165) is 62.9 Å². The summed E-state index contributed by atoms with van der Waals surface area (Å²) in [4.78, 5) is 19.8. The van der Waals surface area contributed by atoms with Crippen molar-refractivity contribution in [3.63, 3.8) is 0 Å². The molecule has 0 saturated carbocycles. The Labute approximate surface area is 190 Å². The van der Waals surface area contributed by atoms with Gasteiger partial charge >= 0.3 is 6.03 Å². The molecule has 2 amide bonds. The highest BCUT2D eigenvalue weighted by Crippen LogP contribution is 2.29. The number of carbonyl (C=O) groups excluding carboxylic acids is 1. The number of piperazine rings is 1. The van der Waals surface area contributed by atoms with E-state index >= 15 is 0 Å². The van der Waals surface area contributed by atoms with Gasteiger partial charge < -0.3 is 24.6 Å². The lowest BCUT2D eigenvalue weighted by molar-refractivity contribution is 0.0337. The molecule has 0 aromatic heterocycles. The first-order valence-corrected chi connectivity index (χ1v) is 11.6. The molecule has 7 heteroatoms. The Kier molecular flexibility index (Phi) is 7.85. The summed E-state index contributed by atoms with van der Waals surface area (Å²) < 4.78 is 11.3. The molecule has 0 bridgehead atoms. The average Bonchev–Trinajstić information content (AvgIpc) is 2.85. The van der Waals surface area contributed by atoms with E-state index in [2.05, 4.69) is 33.3 Å². The number of benzene rings is 2. The molecule has 0 aliphatic carbocycles. The Morgan fingerprint density at radius 3 is 2.38 bits per heavy atom. The zero-order chi connectivity index (χ0) is 22.2. The van der Waals surface area contributed by atoms with Crippen LogP contribution in [0.2, 0.25) is 0 Å². The molecule has 0 spiro atoms. The summed E-state index contributed by atoms with van der Waals surface area (Å²) in [5.41, 5.74) is 2.24. The second kappa shape index (κ2) is 11.2. The Morgan fingerprint density at radius 2 is 1.66 bits per heavy atom. The normalized spacial score (nSPS) is 18.3. The van der Waals surface area contributed by atoms with Gasteiger partial charge in [0.25, 0.3) is 0 Å². The van der Waals surface area contributed by atoms with Gasteiger partial charge in [-0.2, -0.15) is 0 Å². The van der Waals surface area contributed by atoms with Crippen LogP contribution in [0, 0.1) is 0 Å². The van der Waals surface area contributed by atoms with Crippen LogP contribution in [0.1, 0.15) is 18.5 Å². The number of para-hydroxylation sites is 2. The maximum absolute atomic E-state index is 13.2. The number of ether oxygens (including phenoxy) is 2. The average molecular weight is 439 g/mol. The predicted molar refractivity (Wildman–Crippen MR) is 126 cm³/mol. The number of morpholine rings is 1. The first-order valence-electron chi connectivity index (χ1n) is 11.6. The summed E-state index contributed by atoms with van der Waals surface area (Å²) in [6, 6.07) is 18.3. The van der Waals surface area contributed by atoms with E-state index in [4.69, 9.17) is 9.47 Å². The van der Waals surface area contributed by atoms with Crippen LogP contribution in [-0.2, 0) is 4.74 Å². The lowest BCUT2D eigenvalue weighted by Crippen LogP contribution is -2.53. The fraction of sp³-hybridized carbons (Fsp3) is 0.480. The van der Waals surface area contributed by atoms with Crippen molar-refractivity contribution in [1.29, 1.82) is 0 Å². The van der Waals surface area contributed by atoms with Crippen LogP contribution in [0.3, 0.4) is 0 Å². The van der Waals surface area contributed by atoms with Crippen molar-refractivity contribution in [2.24, 2.45) is 0 Å². The molecule has 2 saturated heterocycles. The highest BCUT2D eigenvalue weighted by molar-refractivity contribution is 5.75. The SMILES string of the molecule is CCOc1ccccc1N1CCN(C(=O)NC(CN2CCOCC2)c2ccccc2)CC1. The minimum absolute atomic E-state index is 0.00450. The van der Waals surface area contributed by atoms with Gasteiger partial charge in [-0.05, 0) is 24.6 Å². The second-order valence-electron chi connectivity index (χ2n) is 8.20. The molecule has 1 atom stereocenters. The molecule has 7 nitrogen and oxygen atoms in total. The van der Waals surface area contributed by atoms with Gasteiger partial charge in [0, 0.05) is 45.8 Å². The van der Waals surface area contributed by atoms with E-state index < -0.39 is 0 Å². The molecule has 0 radical (unpaired) electrons. The Bertz CT molecular complexity index is 849. The van der Waals surface area contributed by atoms with Gasteiger partial charge in [-0.1, -0.05) is 42.5 Å². The minimum Gasteiger partial charge on any atom is -0.492 e. The Morgan fingerprint density at radius 1 is 0.969 bits per heavy atom. The summed E-state index contributed by atoms with van der Waals surface area (Å²) in [6.07, 6.45) is 0. The number of urea groups is 1. The molecule has 2 aliphatic rings. The number of rotatable bonds is 7. The number of hydrogen-bond donors (Lipinski definition) is 1. The molecule has 2 fully saturated rings. The van der Waals surface area contributed by atoms with Crippen LogP contribution in [0.4, 0.5) is 10.5 Å². The molecule has 2 aromatic rings. The largest absolute Gasteiger partial charge is 0.492 e. The smallest absolute Gasteiger partial charge is 0.318 e. The number of carbonyl (C=O) groups is 1. The van der Waals surface area contributed by atoms with Crippen molar-refractivity contribution in [1.82, 2.24) is 15.1 Å². The summed E-state index contributed by atoms with van der Waals surface area (Å²) in [5, 5.41) is 3.30. The van der Waals surface area contributed by atoms with Gasteiger partial charge in [0.2, 0.25) is 0 Å². The van der Waals surface area contributed by atoms with E-state index in [-0.39, 0.29) is 12.1 Å². The molecule has 1 N–H and O–H groups in total. The van der Waals surface area contributed by atoms with Crippen molar-refractivity contribution in [3.05, 3.63) is 60.2 Å². The van der Waals surface area contributed by atoms with Crippen LogP contribution in [0.25, 0.3) is 0 Å². The number of amides is 2. The lowest BCUT2D eigenvalue weighted by Gasteiger charge is -2.38. The van der Waals surface area contributed by atoms with E-state index in [1.54, 1.807) is 0 Å². The number of anilines is 1. The quantitative estimate of drug-likeness (QED) is 0.720. The van der Waals surface area contributed by atoms with Gasteiger partial charge in [0.05, 0.1) is 31.5 Å². The van der Waals surface area contributed by atoms with E-state index in [9.17, 15) is 4.79 Å². The van der Waals surface area contributed by atoms with Crippen molar-refractivity contribution >= 4 is 11.7 Å². The van der Waals surface area contributed by atoms with Gasteiger partial charge in [-0.15, -0.1) is 0 Å². The monoisotopic (exact) mass is 438 g/mol. The molecule has 4 rings (SSSR count). The van der Waals surface area contributed by atoms with Crippen LogP contribution >= 0.6 is 0 Å². The van der Waals surface area contributed by atoms with Crippen molar-refractivity contribution in [2.45, 2.75) is 13.0 Å². The third-order valence-corrected chi connectivity index (χ3v) is 6.12. The van der Waals surface area contributed by atoms with Crippen LogP contribution in [0.15, 0.2) is 54.6 Å². The molecule has 2 aliphatic heterocycles. The highest BCUT2D eigenvalue weighted by atomic mass is 16.5. The predicted octanol–water partition coefficient (Wildman–Crippen LogP) is 2.99. The highest BCUT2D eigenvalue weighted by Gasteiger charge is 2.26. The minimum atomic E-state index is -0.0430. The zero-order valence-electron chi connectivity index (χ0n) is 18.9. The van der Waals surface area contributed by atoms with Crippen molar-refractivity contribution in [2.75, 3.05) is 70.5 Å².